The first-order valence-electron chi connectivity index (χ1n) is 8.59. The topological polar surface area (TPSA) is 197 Å². The maximum Gasteiger partial charge on any atom is 0.300 e. The SMILES string of the molecule is O=C(NNc1ccc([N+](=O)[O-])cc1[N+](=O)[O-])c1[nH]nc2c(O)c3ccccc3c(O)c12. The molecule has 0 atom stereocenters. The molecule has 1 heterocycles. The van der Waals surface area contributed by atoms with Gasteiger partial charge in [-0.1, -0.05) is 24.3 Å². The molecule has 4 aromatic rings. The largest absolute Gasteiger partial charge is 0.507 e. The van der Waals surface area contributed by atoms with Gasteiger partial charge in [-0.05, 0) is 6.07 Å². The molecule has 156 valence electrons. The summed E-state index contributed by atoms with van der Waals surface area (Å²) in [5.41, 5.74) is 2.95. The Morgan fingerprint density at radius 1 is 1.00 bits per heavy atom. The molecule has 0 bridgehead atoms. The van der Waals surface area contributed by atoms with Crippen molar-refractivity contribution in [3.63, 3.8) is 0 Å². The van der Waals surface area contributed by atoms with E-state index in [9.17, 15) is 35.2 Å². The number of hydrogen-bond donors (Lipinski definition) is 5. The molecule has 5 N–H and O–H groups in total. The second-order valence-corrected chi connectivity index (χ2v) is 6.36. The number of phenols is 2. The number of aromatic nitrogens is 2. The van der Waals surface area contributed by atoms with Gasteiger partial charge in [0.2, 0.25) is 0 Å². The van der Waals surface area contributed by atoms with Crippen molar-refractivity contribution < 1.29 is 24.9 Å². The number of rotatable bonds is 5. The highest BCUT2D eigenvalue weighted by Crippen LogP contribution is 2.41. The zero-order valence-electron chi connectivity index (χ0n) is 15.3. The fourth-order valence-electron chi connectivity index (χ4n) is 3.14. The first kappa shape index (κ1) is 19.4. The number of nitro benzene ring substituents is 2. The highest BCUT2D eigenvalue weighted by molar-refractivity contribution is 6.16. The van der Waals surface area contributed by atoms with E-state index >= 15 is 0 Å². The van der Waals surface area contributed by atoms with Crippen molar-refractivity contribution >= 4 is 44.6 Å². The van der Waals surface area contributed by atoms with Crippen LogP contribution in [0.15, 0.2) is 42.5 Å². The van der Waals surface area contributed by atoms with Crippen LogP contribution in [-0.2, 0) is 0 Å². The number of benzene rings is 3. The van der Waals surface area contributed by atoms with Crippen LogP contribution in [0.1, 0.15) is 10.5 Å². The molecule has 0 fully saturated rings. The van der Waals surface area contributed by atoms with Gasteiger partial charge in [0, 0.05) is 16.8 Å². The molecule has 13 heteroatoms. The second-order valence-electron chi connectivity index (χ2n) is 6.36. The van der Waals surface area contributed by atoms with E-state index in [1.54, 1.807) is 24.3 Å². The lowest BCUT2D eigenvalue weighted by molar-refractivity contribution is -0.393. The summed E-state index contributed by atoms with van der Waals surface area (Å²) >= 11 is 0. The molecule has 0 radical (unpaired) electrons. The third-order valence-electron chi connectivity index (χ3n) is 4.59. The number of aromatic amines is 1. The molecule has 3 aromatic carbocycles. The quantitative estimate of drug-likeness (QED) is 0.182. The zero-order chi connectivity index (χ0) is 22.3. The number of hydrogen-bond acceptors (Lipinski definition) is 9. The monoisotopic (exact) mass is 424 g/mol. The molecule has 0 aliphatic carbocycles. The Hall–Kier alpha value is -4.94. The van der Waals surface area contributed by atoms with E-state index in [-0.39, 0.29) is 33.8 Å². The van der Waals surface area contributed by atoms with E-state index in [0.29, 0.717) is 10.8 Å². The summed E-state index contributed by atoms with van der Waals surface area (Å²) in [5.74, 6) is -1.39. The van der Waals surface area contributed by atoms with E-state index in [1.807, 2.05) is 0 Å². The molecular weight excluding hydrogens is 412 g/mol. The maximum atomic E-state index is 12.6. The molecule has 0 aliphatic heterocycles. The molecule has 31 heavy (non-hydrogen) atoms. The van der Waals surface area contributed by atoms with Gasteiger partial charge in [0.1, 0.15) is 22.6 Å². The van der Waals surface area contributed by atoms with Gasteiger partial charge in [0.05, 0.1) is 21.3 Å². The van der Waals surface area contributed by atoms with Crippen molar-refractivity contribution in [2.75, 3.05) is 5.43 Å². The van der Waals surface area contributed by atoms with Gasteiger partial charge < -0.3 is 10.2 Å². The second kappa shape index (κ2) is 7.14. The molecule has 0 unspecified atom stereocenters. The van der Waals surface area contributed by atoms with Crippen LogP contribution >= 0.6 is 0 Å². The summed E-state index contributed by atoms with van der Waals surface area (Å²) in [7, 11) is 0. The molecule has 0 spiro atoms. The lowest BCUT2D eigenvalue weighted by atomic mass is 10.0. The van der Waals surface area contributed by atoms with Crippen LogP contribution in [-0.4, -0.2) is 36.2 Å². The van der Waals surface area contributed by atoms with Gasteiger partial charge in [0.25, 0.3) is 11.6 Å². The third-order valence-corrected chi connectivity index (χ3v) is 4.59. The van der Waals surface area contributed by atoms with Crippen LogP contribution in [0.2, 0.25) is 0 Å². The Morgan fingerprint density at radius 2 is 1.68 bits per heavy atom. The van der Waals surface area contributed by atoms with E-state index in [4.69, 9.17) is 0 Å². The van der Waals surface area contributed by atoms with Crippen LogP contribution in [0.3, 0.4) is 0 Å². The van der Waals surface area contributed by atoms with Crippen molar-refractivity contribution in [1.82, 2.24) is 15.6 Å². The molecular formula is C18H12N6O7. The standard InChI is InChI=1S/C18H12N6O7/c25-16-9-3-1-2-4-10(9)17(26)14-13(16)15(21-20-14)18(27)22-19-11-6-5-8(23(28)29)7-12(11)24(30)31/h1-7,19,25-26H,(H,20,21)(H,22,27). The number of carbonyl (C=O) groups is 1. The molecule has 1 amide bonds. The number of carbonyl (C=O) groups excluding carboxylic acids is 1. The average molecular weight is 424 g/mol. The number of amides is 1. The van der Waals surface area contributed by atoms with Crippen LogP contribution in [0.5, 0.6) is 11.5 Å². The van der Waals surface area contributed by atoms with Crippen LogP contribution in [0.25, 0.3) is 21.7 Å². The van der Waals surface area contributed by atoms with Gasteiger partial charge in [0.15, 0.2) is 5.75 Å². The average Bonchev–Trinajstić information content (AvgIpc) is 3.21. The van der Waals surface area contributed by atoms with Gasteiger partial charge >= 0.3 is 5.69 Å². The van der Waals surface area contributed by atoms with Crippen LogP contribution in [0.4, 0.5) is 17.1 Å². The van der Waals surface area contributed by atoms with E-state index in [2.05, 4.69) is 21.0 Å². The number of nitrogens with zero attached hydrogens (tertiary/aromatic N) is 3. The third kappa shape index (κ3) is 3.15. The van der Waals surface area contributed by atoms with Crippen molar-refractivity contribution in [1.29, 1.82) is 0 Å². The molecule has 0 aliphatic rings. The van der Waals surface area contributed by atoms with E-state index < -0.39 is 27.1 Å². The molecule has 4 rings (SSSR count). The Morgan fingerprint density at radius 3 is 2.32 bits per heavy atom. The van der Waals surface area contributed by atoms with Crippen molar-refractivity contribution in [2.24, 2.45) is 0 Å². The van der Waals surface area contributed by atoms with Gasteiger partial charge in [-0.15, -0.1) is 0 Å². The van der Waals surface area contributed by atoms with Gasteiger partial charge in [-0.3, -0.25) is 41.0 Å². The van der Waals surface area contributed by atoms with Crippen molar-refractivity contribution in [3.05, 3.63) is 68.4 Å². The minimum Gasteiger partial charge on any atom is -0.507 e. The molecule has 13 nitrogen and oxygen atoms in total. The minimum absolute atomic E-state index is 0.0392. The first-order chi connectivity index (χ1) is 14.8. The van der Waals surface area contributed by atoms with E-state index in [1.165, 1.54) is 0 Å². The van der Waals surface area contributed by atoms with Gasteiger partial charge in [-0.25, -0.2) is 0 Å². The lowest BCUT2D eigenvalue weighted by Crippen LogP contribution is -2.30. The zero-order valence-corrected chi connectivity index (χ0v) is 15.3. The number of H-pyrrole nitrogens is 1. The maximum absolute atomic E-state index is 12.6. The lowest BCUT2D eigenvalue weighted by Gasteiger charge is -2.09. The van der Waals surface area contributed by atoms with E-state index in [0.717, 1.165) is 18.2 Å². The molecule has 0 saturated carbocycles. The Bertz CT molecular complexity index is 1400. The smallest absolute Gasteiger partial charge is 0.300 e. The molecule has 1 aromatic heterocycles. The number of non-ortho nitro benzene ring substituents is 1. The number of fused-ring (bicyclic) bond motifs is 2. The predicted molar refractivity (Wildman–Crippen MR) is 108 cm³/mol. The van der Waals surface area contributed by atoms with Crippen LogP contribution < -0.4 is 10.9 Å². The summed E-state index contributed by atoms with van der Waals surface area (Å²) in [6.07, 6.45) is 0. The molecule has 0 saturated heterocycles. The number of phenolic OH excluding ortho intramolecular Hbond substituents is 2. The predicted octanol–water partition coefficient (Wildman–Crippen LogP) is 2.70. The minimum atomic E-state index is -0.861. The highest BCUT2D eigenvalue weighted by atomic mass is 16.6. The summed E-state index contributed by atoms with van der Waals surface area (Å²) in [6.45, 7) is 0. The number of hydrazine groups is 1. The fraction of sp³-hybridized carbons (Fsp3) is 0. The Balaban J connectivity index is 1.69. The normalized spacial score (nSPS) is 10.8. The summed E-state index contributed by atoms with van der Waals surface area (Å²) in [6, 6.07) is 9.28. The highest BCUT2D eigenvalue weighted by Gasteiger charge is 2.24. The summed E-state index contributed by atoms with van der Waals surface area (Å²) < 4.78 is 0. The summed E-state index contributed by atoms with van der Waals surface area (Å²) in [5, 5.41) is 50.0. The van der Waals surface area contributed by atoms with Crippen molar-refractivity contribution in [2.45, 2.75) is 0 Å². The van der Waals surface area contributed by atoms with Crippen molar-refractivity contribution in [3.8, 4) is 11.5 Å². The number of aromatic hydroxyl groups is 2. The number of nitro groups is 2. The number of anilines is 1. The first-order valence-corrected chi connectivity index (χ1v) is 8.59. The Labute approximate surface area is 171 Å². The number of nitrogens with one attached hydrogen (secondary N) is 3. The van der Waals surface area contributed by atoms with Gasteiger partial charge in [-0.2, -0.15) is 5.10 Å². The fourth-order valence-corrected chi connectivity index (χ4v) is 3.14. The summed E-state index contributed by atoms with van der Waals surface area (Å²) in [4.78, 5) is 33.0. The van der Waals surface area contributed by atoms with Crippen LogP contribution in [0, 0.1) is 20.2 Å². The Kier molecular flexibility index (Phi) is 4.47.